The lowest BCUT2D eigenvalue weighted by Crippen LogP contribution is -2.53. The number of hydrogen-bond acceptors (Lipinski definition) is 3. The number of nitrogens with one attached hydrogen (secondary N) is 1. The molecule has 0 unspecified atom stereocenters. The predicted octanol–water partition coefficient (Wildman–Crippen LogP) is 1.69. The molecule has 2 rings (SSSR count). The molecule has 1 aliphatic rings. The van der Waals surface area contributed by atoms with Crippen molar-refractivity contribution in [2.75, 3.05) is 30.4 Å². The van der Waals surface area contributed by atoms with Crippen LogP contribution in [0, 0.1) is 6.92 Å². The van der Waals surface area contributed by atoms with Gasteiger partial charge in [0, 0.05) is 38.4 Å². The third kappa shape index (κ3) is 3.01. The van der Waals surface area contributed by atoms with E-state index in [0.717, 1.165) is 16.9 Å². The first-order valence-corrected chi connectivity index (χ1v) is 7.13. The Bertz CT molecular complexity index is 579. The molecule has 114 valence electrons. The molecule has 1 heterocycles. The maximum absolute atomic E-state index is 12.7. The number of hydrogen-bond donors (Lipinski definition) is 1. The maximum Gasteiger partial charge on any atom is 0.252 e. The smallest absolute Gasteiger partial charge is 0.252 e. The van der Waals surface area contributed by atoms with Crippen LogP contribution in [0.25, 0.3) is 0 Å². The van der Waals surface area contributed by atoms with Gasteiger partial charge in [0.05, 0.1) is 0 Å². The molecule has 5 nitrogen and oxygen atoms in total. The summed E-state index contributed by atoms with van der Waals surface area (Å²) in [6, 6.07) is 5.94. The van der Waals surface area contributed by atoms with E-state index in [1.54, 1.807) is 18.7 Å². The van der Waals surface area contributed by atoms with Gasteiger partial charge in [0.2, 0.25) is 5.91 Å². The molecule has 0 saturated carbocycles. The van der Waals surface area contributed by atoms with Crippen LogP contribution in [-0.4, -0.2) is 38.0 Å². The van der Waals surface area contributed by atoms with Gasteiger partial charge in [0.15, 0.2) is 0 Å². The highest BCUT2D eigenvalue weighted by molar-refractivity contribution is 6.04. The van der Waals surface area contributed by atoms with Crippen LogP contribution in [0.3, 0.4) is 0 Å². The minimum absolute atomic E-state index is 0.0816. The molecule has 1 aromatic carbocycles. The van der Waals surface area contributed by atoms with E-state index in [0.29, 0.717) is 13.0 Å². The molecule has 2 amide bonds. The van der Waals surface area contributed by atoms with Gasteiger partial charge in [0.1, 0.15) is 5.54 Å². The molecule has 0 aliphatic carbocycles. The molecule has 0 bridgehead atoms. The van der Waals surface area contributed by atoms with Crippen molar-refractivity contribution in [3.05, 3.63) is 23.8 Å². The van der Waals surface area contributed by atoms with Crippen LogP contribution < -0.4 is 15.1 Å². The number of anilines is 2. The zero-order chi connectivity index (χ0) is 15.8. The van der Waals surface area contributed by atoms with Crippen molar-refractivity contribution >= 4 is 23.2 Å². The standard InChI is InChI=1S/C16H23N3O2/c1-11-6-7-12(10-13(11)18(4)5)19-9-8-14(20)17-16(2,3)15(19)21/h6-7,10H,8-9H2,1-5H3,(H,17,20). The molecule has 5 heteroatoms. The summed E-state index contributed by atoms with van der Waals surface area (Å²) in [6.45, 7) is 5.93. The Balaban J connectivity index is 2.42. The summed E-state index contributed by atoms with van der Waals surface area (Å²) in [7, 11) is 3.96. The van der Waals surface area contributed by atoms with Crippen LogP contribution in [0.4, 0.5) is 11.4 Å². The first-order valence-electron chi connectivity index (χ1n) is 7.13. The molecule has 1 aromatic rings. The normalized spacial score (nSPS) is 18.2. The van der Waals surface area contributed by atoms with Gasteiger partial charge in [-0.1, -0.05) is 6.07 Å². The molecule has 1 fully saturated rings. The van der Waals surface area contributed by atoms with Crippen molar-refractivity contribution in [1.82, 2.24) is 5.32 Å². The molecule has 1 saturated heterocycles. The van der Waals surface area contributed by atoms with Crippen LogP contribution in [0.15, 0.2) is 18.2 Å². The van der Waals surface area contributed by atoms with Crippen LogP contribution in [0.1, 0.15) is 25.8 Å². The molecule has 1 N–H and O–H groups in total. The third-order valence-corrected chi connectivity index (χ3v) is 3.78. The van der Waals surface area contributed by atoms with Crippen LogP contribution in [0.5, 0.6) is 0 Å². The molecule has 1 aliphatic heterocycles. The number of amides is 2. The number of rotatable bonds is 2. The topological polar surface area (TPSA) is 52.7 Å². The number of carbonyl (C=O) groups excluding carboxylic acids is 2. The van der Waals surface area contributed by atoms with Crippen LogP contribution in [0.2, 0.25) is 0 Å². The van der Waals surface area contributed by atoms with Crippen molar-refractivity contribution < 1.29 is 9.59 Å². The monoisotopic (exact) mass is 289 g/mol. The summed E-state index contributed by atoms with van der Waals surface area (Å²) < 4.78 is 0. The summed E-state index contributed by atoms with van der Waals surface area (Å²) in [6.07, 6.45) is 0.320. The van der Waals surface area contributed by atoms with Gasteiger partial charge < -0.3 is 15.1 Å². The average molecular weight is 289 g/mol. The molecule has 0 spiro atoms. The molecule has 21 heavy (non-hydrogen) atoms. The second-order valence-corrected chi connectivity index (χ2v) is 6.25. The molecular weight excluding hydrogens is 266 g/mol. The van der Waals surface area contributed by atoms with E-state index in [2.05, 4.69) is 5.32 Å². The van der Waals surface area contributed by atoms with Crippen molar-refractivity contribution in [2.24, 2.45) is 0 Å². The van der Waals surface area contributed by atoms with Crippen LogP contribution >= 0.6 is 0 Å². The highest BCUT2D eigenvalue weighted by Gasteiger charge is 2.37. The minimum atomic E-state index is -0.878. The van der Waals surface area contributed by atoms with E-state index in [1.807, 2.05) is 44.1 Å². The zero-order valence-corrected chi connectivity index (χ0v) is 13.4. The lowest BCUT2D eigenvalue weighted by Gasteiger charge is -2.29. The summed E-state index contributed by atoms with van der Waals surface area (Å²) in [4.78, 5) is 28.2. The Hall–Kier alpha value is -2.04. The Morgan fingerprint density at radius 1 is 1.24 bits per heavy atom. The van der Waals surface area contributed by atoms with Gasteiger partial charge in [0.25, 0.3) is 5.91 Å². The van der Waals surface area contributed by atoms with Crippen LogP contribution in [-0.2, 0) is 9.59 Å². The van der Waals surface area contributed by atoms with Gasteiger partial charge in [-0.2, -0.15) is 0 Å². The summed E-state index contributed by atoms with van der Waals surface area (Å²) in [5.41, 5.74) is 2.18. The molecule has 0 aromatic heterocycles. The largest absolute Gasteiger partial charge is 0.377 e. The summed E-state index contributed by atoms with van der Waals surface area (Å²) in [5.74, 6) is -0.169. The van der Waals surface area contributed by atoms with Crippen molar-refractivity contribution in [3.63, 3.8) is 0 Å². The van der Waals surface area contributed by atoms with E-state index >= 15 is 0 Å². The molecular formula is C16H23N3O2. The van der Waals surface area contributed by atoms with E-state index < -0.39 is 5.54 Å². The average Bonchev–Trinajstić information content (AvgIpc) is 2.48. The van der Waals surface area contributed by atoms with Crippen molar-refractivity contribution in [2.45, 2.75) is 32.7 Å². The number of carbonyl (C=O) groups is 2. The molecule has 0 radical (unpaired) electrons. The first kappa shape index (κ1) is 15.4. The predicted molar refractivity (Wildman–Crippen MR) is 84.7 cm³/mol. The highest BCUT2D eigenvalue weighted by atomic mass is 16.2. The van der Waals surface area contributed by atoms with Crippen molar-refractivity contribution in [1.29, 1.82) is 0 Å². The summed E-state index contributed by atoms with van der Waals surface area (Å²) in [5, 5.41) is 2.78. The fourth-order valence-electron chi connectivity index (χ4n) is 2.61. The quantitative estimate of drug-likeness (QED) is 0.901. The fourth-order valence-corrected chi connectivity index (χ4v) is 2.61. The highest BCUT2D eigenvalue weighted by Crippen LogP contribution is 2.28. The van der Waals surface area contributed by atoms with E-state index in [9.17, 15) is 9.59 Å². The Kier molecular flexibility index (Phi) is 3.94. The second kappa shape index (κ2) is 5.39. The lowest BCUT2D eigenvalue weighted by atomic mass is 10.0. The van der Waals surface area contributed by atoms with Gasteiger partial charge in [-0.25, -0.2) is 0 Å². The second-order valence-electron chi connectivity index (χ2n) is 6.25. The molecule has 0 atom stereocenters. The van der Waals surface area contributed by atoms with E-state index in [1.165, 1.54) is 0 Å². The first-order chi connectivity index (χ1) is 9.72. The van der Waals surface area contributed by atoms with Gasteiger partial charge in [-0.3, -0.25) is 9.59 Å². The van der Waals surface area contributed by atoms with Gasteiger partial charge in [-0.05, 0) is 38.5 Å². The summed E-state index contributed by atoms with van der Waals surface area (Å²) >= 11 is 0. The lowest BCUT2D eigenvalue weighted by molar-refractivity contribution is -0.128. The number of benzene rings is 1. The zero-order valence-electron chi connectivity index (χ0n) is 13.4. The van der Waals surface area contributed by atoms with Gasteiger partial charge >= 0.3 is 0 Å². The fraction of sp³-hybridized carbons (Fsp3) is 0.500. The van der Waals surface area contributed by atoms with Gasteiger partial charge in [-0.15, -0.1) is 0 Å². The maximum atomic E-state index is 12.7. The third-order valence-electron chi connectivity index (χ3n) is 3.78. The SMILES string of the molecule is Cc1ccc(N2CCC(=O)NC(C)(C)C2=O)cc1N(C)C. The Morgan fingerprint density at radius 3 is 2.52 bits per heavy atom. The Labute approximate surface area is 125 Å². The van der Waals surface area contributed by atoms with E-state index in [4.69, 9.17) is 0 Å². The minimum Gasteiger partial charge on any atom is -0.377 e. The number of nitrogens with zero attached hydrogens (tertiary/aromatic N) is 2. The number of aryl methyl sites for hydroxylation is 1. The van der Waals surface area contributed by atoms with E-state index in [-0.39, 0.29) is 11.8 Å². The Morgan fingerprint density at radius 2 is 1.90 bits per heavy atom. The van der Waals surface area contributed by atoms with Crippen molar-refractivity contribution in [3.8, 4) is 0 Å².